The van der Waals surface area contributed by atoms with Crippen LogP contribution in [-0.4, -0.2) is 20.3 Å². The van der Waals surface area contributed by atoms with E-state index in [1.54, 1.807) is 50.3 Å². The third kappa shape index (κ3) is 3.96. The molecule has 1 aliphatic heterocycles. The second-order valence-corrected chi connectivity index (χ2v) is 8.87. The molecule has 2 aromatic rings. The van der Waals surface area contributed by atoms with Gasteiger partial charge in [0.15, 0.2) is 0 Å². The molecule has 0 fully saturated rings. The summed E-state index contributed by atoms with van der Waals surface area (Å²) in [4.78, 5) is 0. The SMILES string of the molecule is C=CCC1Oc2cccc(OC(F)F)c2-c2ccc(NS(=O)(=O)C(C)C)cc21. The number of hydrogen-bond donors (Lipinski definition) is 1. The number of fused-ring (bicyclic) bond motifs is 3. The predicted octanol–water partition coefficient (Wildman–Crippen LogP) is 5.11. The van der Waals surface area contributed by atoms with Crippen LogP contribution in [0.5, 0.6) is 11.5 Å². The van der Waals surface area contributed by atoms with E-state index in [9.17, 15) is 17.2 Å². The summed E-state index contributed by atoms with van der Waals surface area (Å²) in [5.41, 5.74) is 2.11. The van der Waals surface area contributed by atoms with Gasteiger partial charge in [-0.2, -0.15) is 8.78 Å². The molecule has 0 saturated carbocycles. The van der Waals surface area contributed by atoms with E-state index in [-0.39, 0.29) is 5.75 Å². The fraction of sp³-hybridized carbons (Fsp3) is 0.300. The molecule has 1 N–H and O–H groups in total. The van der Waals surface area contributed by atoms with Crippen LogP contribution < -0.4 is 14.2 Å². The molecule has 0 radical (unpaired) electrons. The smallest absolute Gasteiger partial charge is 0.387 e. The first-order chi connectivity index (χ1) is 13.2. The molecule has 0 saturated heterocycles. The quantitative estimate of drug-likeness (QED) is 0.645. The second kappa shape index (κ2) is 7.79. The van der Waals surface area contributed by atoms with Crippen LogP contribution in [-0.2, 0) is 10.0 Å². The average molecular weight is 409 g/mol. The Morgan fingerprint density at radius 3 is 2.68 bits per heavy atom. The predicted molar refractivity (Wildman–Crippen MR) is 104 cm³/mol. The van der Waals surface area contributed by atoms with E-state index in [1.165, 1.54) is 6.07 Å². The third-order valence-corrected chi connectivity index (χ3v) is 6.16. The molecule has 0 amide bonds. The highest BCUT2D eigenvalue weighted by Gasteiger charge is 2.29. The molecule has 1 aliphatic rings. The van der Waals surface area contributed by atoms with Crippen molar-refractivity contribution in [1.82, 2.24) is 0 Å². The molecule has 1 unspecified atom stereocenters. The fourth-order valence-electron chi connectivity index (χ4n) is 3.01. The average Bonchev–Trinajstić information content (AvgIpc) is 2.61. The molecule has 0 aliphatic carbocycles. The zero-order valence-electron chi connectivity index (χ0n) is 15.5. The van der Waals surface area contributed by atoms with Crippen molar-refractivity contribution in [3.63, 3.8) is 0 Å². The zero-order chi connectivity index (χ0) is 20.5. The van der Waals surface area contributed by atoms with Gasteiger partial charge in [0.2, 0.25) is 10.0 Å². The molecular weight excluding hydrogens is 388 g/mol. The fourth-order valence-corrected chi connectivity index (χ4v) is 3.71. The number of anilines is 1. The van der Waals surface area contributed by atoms with Crippen molar-refractivity contribution in [1.29, 1.82) is 0 Å². The molecule has 1 heterocycles. The van der Waals surface area contributed by atoms with Crippen LogP contribution in [0.2, 0.25) is 0 Å². The molecule has 2 aromatic carbocycles. The zero-order valence-corrected chi connectivity index (χ0v) is 16.3. The summed E-state index contributed by atoms with van der Waals surface area (Å²) in [5, 5.41) is -0.601. The van der Waals surface area contributed by atoms with Gasteiger partial charge in [0.1, 0.15) is 17.6 Å². The number of hydrogen-bond acceptors (Lipinski definition) is 4. The van der Waals surface area contributed by atoms with Gasteiger partial charge in [-0.1, -0.05) is 18.2 Å². The van der Waals surface area contributed by atoms with Crippen molar-refractivity contribution >= 4 is 15.7 Å². The third-order valence-electron chi connectivity index (χ3n) is 4.40. The summed E-state index contributed by atoms with van der Waals surface area (Å²) in [5.74, 6) is 0.425. The summed E-state index contributed by atoms with van der Waals surface area (Å²) >= 11 is 0. The number of ether oxygens (including phenoxy) is 2. The maximum atomic E-state index is 12.8. The highest BCUT2D eigenvalue weighted by atomic mass is 32.2. The number of benzene rings is 2. The Morgan fingerprint density at radius 1 is 1.29 bits per heavy atom. The van der Waals surface area contributed by atoms with Crippen molar-refractivity contribution < 1.29 is 26.7 Å². The van der Waals surface area contributed by atoms with Crippen LogP contribution in [0, 0.1) is 0 Å². The summed E-state index contributed by atoms with van der Waals surface area (Å²) in [6.07, 6.45) is 1.72. The molecule has 3 rings (SSSR count). The van der Waals surface area contributed by atoms with Gasteiger partial charge in [-0.25, -0.2) is 8.42 Å². The highest BCUT2D eigenvalue weighted by Crippen LogP contribution is 2.49. The number of alkyl halides is 2. The maximum Gasteiger partial charge on any atom is 0.387 e. The Hall–Kier alpha value is -2.61. The summed E-state index contributed by atoms with van der Waals surface area (Å²) in [6, 6.07) is 9.65. The lowest BCUT2D eigenvalue weighted by Gasteiger charge is -2.30. The first kappa shape index (κ1) is 20.1. The first-order valence-corrected chi connectivity index (χ1v) is 10.3. The lowest BCUT2D eigenvalue weighted by Crippen LogP contribution is -2.23. The van der Waals surface area contributed by atoms with Crippen LogP contribution in [0.4, 0.5) is 14.5 Å². The Labute approximate surface area is 163 Å². The van der Waals surface area contributed by atoms with Gasteiger partial charge in [-0.15, -0.1) is 6.58 Å². The molecule has 0 spiro atoms. The van der Waals surface area contributed by atoms with Crippen LogP contribution in [0.1, 0.15) is 31.9 Å². The minimum absolute atomic E-state index is 0.00122. The normalized spacial score (nSPS) is 15.6. The highest BCUT2D eigenvalue weighted by molar-refractivity contribution is 7.93. The Kier molecular flexibility index (Phi) is 5.60. The minimum Gasteiger partial charge on any atom is -0.485 e. The molecule has 28 heavy (non-hydrogen) atoms. The van der Waals surface area contributed by atoms with Crippen molar-refractivity contribution in [2.45, 2.75) is 38.2 Å². The Balaban J connectivity index is 2.12. The van der Waals surface area contributed by atoms with Crippen LogP contribution in [0.15, 0.2) is 49.1 Å². The molecular formula is C20H21F2NO4S. The topological polar surface area (TPSA) is 64.6 Å². The standard InChI is InChI=1S/C20H21F2NO4S/c1-4-6-16-15-11-13(23-28(24,25)12(2)3)9-10-14(15)19-17(26-16)7-5-8-18(19)27-20(21)22/h4-5,7-12,16,20,23H,1,6H2,2-3H3. The van der Waals surface area contributed by atoms with Crippen LogP contribution in [0.3, 0.4) is 0 Å². The number of nitrogens with one attached hydrogen (secondary N) is 1. The van der Waals surface area contributed by atoms with Crippen LogP contribution in [0.25, 0.3) is 11.1 Å². The molecule has 150 valence electrons. The molecule has 0 aromatic heterocycles. The first-order valence-electron chi connectivity index (χ1n) is 8.74. The minimum atomic E-state index is -3.53. The van der Waals surface area contributed by atoms with Gasteiger partial charge < -0.3 is 9.47 Å². The van der Waals surface area contributed by atoms with Crippen molar-refractivity contribution in [2.24, 2.45) is 0 Å². The van der Waals surface area contributed by atoms with Crippen molar-refractivity contribution in [3.05, 3.63) is 54.6 Å². The number of sulfonamides is 1. The van der Waals surface area contributed by atoms with E-state index in [0.717, 1.165) is 0 Å². The van der Waals surface area contributed by atoms with Gasteiger partial charge in [0.05, 0.1) is 10.8 Å². The van der Waals surface area contributed by atoms with E-state index in [1.807, 2.05) is 0 Å². The molecule has 8 heteroatoms. The lowest BCUT2D eigenvalue weighted by molar-refractivity contribution is -0.0496. The van der Waals surface area contributed by atoms with Gasteiger partial charge in [0.25, 0.3) is 0 Å². The summed E-state index contributed by atoms with van der Waals surface area (Å²) in [6.45, 7) is 3.91. The van der Waals surface area contributed by atoms with E-state index in [0.29, 0.717) is 34.5 Å². The summed E-state index contributed by atoms with van der Waals surface area (Å²) in [7, 11) is -3.53. The maximum absolute atomic E-state index is 12.8. The van der Waals surface area contributed by atoms with Gasteiger partial charge >= 0.3 is 6.61 Å². The van der Waals surface area contributed by atoms with E-state index < -0.39 is 28.0 Å². The van der Waals surface area contributed by atoms with Gasteiger partial charge in [-0.3, -0.25) is 4.72 Å². The Bertz CT molecular complexity index is 990. The van der Waals surface area contributed by atoms with Crippen LogP contribution >= 0.6 is 0 Å². The van der Waals surface area contributed by atoms with E-state index >= 15 is 0 Å². The number of halogens is 2. The van der Waals surface area contributed by atoms with Gasteiger partial charge in [0, 0.05) is 17.7 Å². The second-order valence-electron chi connectivity index (χ2n) is 6.64. The van der Waals surface area contributed by atoms with E-state index in [4.69, 9.17) is 4.74 Å². The largest absolute Gasteiger partial charge is 0.485 e. The lowest BCUT2D eigenvalue weighted by atomic mass is 9.90. The van der Waals surface area contributed by atoms with Crippen molar-refractivity contribution in [2.75, 3.05) is 4.72 Å². The number of rotatable bonds is 7. The van der Waals surface area contributed by atoms with E-state index in [2.05, 4.69) is 16.0 Å². The van der Waals surface area contributed by atoms with Gasteiger partial charge in [-0.05, 0) is 43.7 Å². The molecule has 1 atom stereocenters. The molecule has 5 nitrogen and oxygen atoms in total. The monoisotopic (exact) mass is 409 g/mol. The molecule has 0 bridgehead atoms. The van der Waals surface area contributed by atoms with Crippen molar-refractivity contribution in [3.8, 4) is 22.6 Å². The summed E-state index contributed by atoms with van der Waals surface area (Å²) < 4.78 is 63.2. The Morgan fingerprint density at radius 2 is 2.04 bits per heavy atom.